The normalized spacial score (nSPS) is 12.9. The van der Waals surface area contributed by atoms with Gasteiger partial charge in [0.05, 0.1) is 6.04 Å². The fourth-order valence-corrected chi connectivity index (χ4v) is 1.88. The van der Waals surface area contributed by atoms with Crippen LogP contribution in [-0.4, -0.2) is 30.9 Å². The number of thiophene rings is 1. The molecule has 0 radical (unpaired) electrons. The lowest BCUT2D eigenvalue weighted by Gasteiger charge is -2.22. The first-order chi connectivity index (χ1) is 6.65. The number of amides is 1. The quantitative estimate of drug-likeness (QED) is 0.816. The van der Waals surface area contributed by atoms with Crippen LogP contribution in [0.4, 0.5) is 0 Å². The number of likely N-dealkylation sites (N-methyl/N-ethyl adjacent to an activating group) is 2. The van der Waals surface area contributed by atoms with Crippen LogP contribution in [0.1, 0.15) is 12.5 Å². The van der Waals surface area contributed by atoms with E-state index in [4.69, 9.17) is 0 Å². The monoisotopic (exact) mass is 212 g/mol. The van der Waals surface area contributed by atoms with Crippen LogP contribution in [0, 0.1) is 0 Å². The molecule has 0 saturated carbocycles. The average molecular weight is 212 g/mol. The van der Waals surface area contributed by atoms with Crippen LogP contribution < -0.4 is 5.32 Å². The van der Waals surface area contributed by atoms with Crippen LogP contribution in [0.5, 0.6) is 0 Å². The first-order valence-corrected chi connectivity index (χ1v) is 5.52. The van der Waals surface area contributed by atoms with Crippen LogP contribution in [-0.2, 0) is 11.3 Å². The van der Waals surface area contributed by atoms with Gasteiger partial charge in [0.1, 0.15) is 0 Å². The molecule has 0 aliphatic rings. The molecule has 0 fully saturated rings. The van der Waals surface area contributed by atoms with Crippen molar-refractivity contribution < 1.29 is 4.79 Å². The van der Waals surface area contributed by atoms with Gasteiger partial charge in [0.15, 0.2) is 0 Å². The van der Waals surface area contributed by atoms with Gasteiger partial charge in [-0.1, -0.05) is 0 Å². The third-order valence-electron chi connectivity index (χ3n) is 2.30. The van der Waals surface area contributed by atoms with Gasteiger partial charge in [-0.25, -0.2) is 0 Å². The summed E-state index contributed by atoms with van der Waals surface area (Å²) in [7, 11) is 3.62. The summed E-state index contributed by atoms with van der Waals surface area (Å²) < 4.78 is 0. The van der Waals surface area contributed by atoms with Crippen LogP contribution >= 0.6 is 11.3 Å². The molecule has 1 heterocycles. The van der Waals surface area contributed by atoms with E-state index in [-0.39, 0.29) is 11.9 Å². The van der Waals surface area contributed by atoms with Crippen LogP contribution in [0.25, 0.3) is 0 Å². The first kappa shape index (κ1) is 11.2. The zero-order chi connectivity index (χ0) is 10.6. The molecule has 1 rings (SSSR count). The van der Waals surface area contributed by atoms with E-state index in [9.17, 15) is 4.79 Å². The van der Waals surface area contributed by atoms with Crippen molar-refractivity contribution in [2.75, 3.05) is 14.1 Å². The van der Waals surface area contributed by atoms with Gasteiger partial charge in [-0.15, -0.1) is 0 Å². The van der Waals surface area contributed by atoms with Crippen molar-refractivity contribution in [3.8, 4) is 0 Å². The van der Waals surface area contributed by atoms with E-state index in [2.05, 4.69) is 16.8 Å². The highest BCUT2D eigenvalue weighted by atomic mass is 32.1. The summed E-state index contributed by atoms with van der Waals surface area (Å²) in [5, 5.41) is 6.80. The van der Waals surface area contributed by atoms with E-state index >= 15 is 0 Å². The zero-order valence-electron chi connectivity index (χ0n) is 8.78. The van der Waals surface area contributed by atoms with Gasteiger partial charge < -0.3 is 5.32 Å². The molecular formula is C10H16N2OS. The predicted octanol–water partition coefficient (Wildman–Crippen LogP) is 1.31. The molecule has 78 valence electrons. The topological polar surface area (TPSA) is 32.3 Å². The number of hydrogen-bond donors (Lipinski definition) is 1. The highest BCUT2D eigenvalue weighted by Gasteiger charge is 2.16. The second kappa shape index (κ2) is 5.12. The lowest BCUT2D eigenvalue weighted by Crippen LogP contribution is -2.41. The number of nitrogens with one attached hydrogen (secondary N) is 1. The number of carbonyl (C=O) groups excluding carboxylic acids is 1. The Morgan fingerprint density at radius 2 is 2.43 bits per heavy atom. The molecule has 14 heavy (non-hydrogen) atoms. The molecule has 0 saturated heterocycles. The molecule has 1 N–H and O–H groups in total. The van der Waals surface area contributed by atoms with Crippen molar-refractivity contribution in [1.82, 2.24) is 10.2 Å². The minimum Gasteiger partial charge on any atom is -0.358 e. The summed E-state index contributed by atoms with van der Waals surface area (Å²) >= 11 is 1.68. The standard InChI is InChI=1S/C10H16N2OS/c1-8(10(13)11-2)12(3)6-9-4-5-14-7-9/h4-5,7-8H,6H2,1-3H3,(H,11,13)/t8-/m1/s1. The van der Waals surface area contributed by atoms with Crippen molar-refractivity contribution in [2.24, 2.45) is 0 Å². The Kier molecular flexibility index (Phi) is 4.10. The fourth-order valence-electron chi connectivity index (χ4n) is 1.22. The molecule has 1 aromatic rings. The molecule has 1 amide bonds. The Morgan fingerprint density at radius 3 is 2.93 bits per heavy atom. The Morgan fingerprint density at radius 1 is 1.71 bits per heavy atom. The highest BCUT2D eigenvalue weighted by molar-refractivity contribution is 7.07. The molecule has 0 spiro atoms. The maximum atomic E-state index is 11.3. The van der Waals surface area contributed by atoms with Crippen molar-refractivity contribution in [1.29, 1.82) is 0 Å². The largest absolute Gasteiger partial charge is 0.358 e. The number of nitrogens with zero attached hydrogens (tertiary/aromatic N) is 1. The summed E-state index contributed by atoms with van der Waals surface area (Å²) in [5.41, 5.74) is 1.26. The van der Waals surface area contributed by atoms with Crippen molar-refractivity contribution in [3.63, 3.8) is 0 Å². The van der Waals surface area contributed by atoms with E-state index < -0.39 is 0 Å². The zero-order valence-corrected chi connectivity index (χ0v) is 9.60. The Bertz CT molecular complexity index is 284. The van der Waals surface area contributed by atoms with E-state index in [0.717, 1.165) is 6.54 Å². The summed E-state index contributed by atoms with van der Waals surface area (Å²) in [5.74, 6) is 0.0581. The molecular weight excluding hydrogens is 196 g/mol. The molecule has 3 nitrogen and oxygen atoms in total. The summed E-state index contributed by atoms with van der Waals surface area (Å²) in [4.78, 5) is 13.4. The minimum atomic E-state index is -0.0834. The maximum Gasteiger partial charge on any atom is 0.236 e. The molecule has 0 unspecified atom stereocenters. The SMILES string of the molecule is CNC(=O)[C@@H](C)N(C)Cc1ccsc1. The van der Waals surface area contributed by atoms with Crippen molar-refractivity contribution in [2.45, 2.75) is 19.5 Å². The van der Waals surface area contributed by atoms with Crippen LogP contribution in [0.15, 0.2) is 16.8 Å². The minimum absolute atomic E-state index is 0.0581. The Balaban J connectivity index is 2.49. The molecule has 1 aromatic heterocycles. The van der Waals surface area contributed by atoms with Gasteiger partial charge in [0.2, 0.25) is 5.91 Å². The Labute approximate surface area is 88.7 Å². The van der Waals surface area contributed by atoms with Gasteiger partial charge in [-0.2, -0.15) is 11.3 Å². The summed E-state index contributed by atoms with van der Waals surface area (Å²) in [6, 6.07) is 2.00. The molecule has 0 aliphatic heterocycles. The van der Waals surface area contributed by atoms with Crippen molar-refractivity contribution in [3.05, 3.63) is 22.4 Å². The van der Waals surface area contributed by atoms with Gasteiger partial charge in [-0.3, -0.25) is 9.69 Å². The maximum absolute atomic E-state index is 11.3. The van der Waals surface area contributed by atoms with Gasteiger partial charge >= 0.3 is 0 Å². The van der Waals surface area contributed by atoms with Gasteiger partial charge in [-0.05, 0) is 36.4 Å². The fraction of sp³-hybridized carbons (Fsp3) is 0.500. The van der Waals surface area contributed by atoms with Crippen LogP contribution in [0.2, 0.25) is 0 Å². The van der Waals surface area contributed by atoms with Crippen molar-refractivity contribution >= 4 is 17.2 Å². The number of rotatable bonds is 4. The lowest BCUT2D eigenvalue weighted by atomic mass is 10.2. The average Bonchev–Trinajstić information content (AvgIpc) is 2.68. The van der Waals surface area contributed by atoms with Gasteiger partial charge in [0, 0.05) is 13.6 Å². The summed E-state index contributed by atoms with van der Waals surface area (Å²) in [6.07, 6.45) is 0. The molecule has 1 atom stereocenters. The van der Waals surface area contributed by atoms with Crippen LogP contribution in [0.3, 0.4) is 0 Å². The second-order valence-corrected chi connectivity index (χ2v) is 4.12. The Hall–Kier alpha value is -0.870. The lowest BCUT2D eigenvalue weighted by molar-refractivity contribution is -0.125. The first-order valence-electron chi connectivity index (χ1n) is 4.58. The smallest absolute Gasteiger partial charge is 0.236 e. The van der Waals surface area contributed by atoms with Gasteiger partial charge in [0.25, 0.3) is 0 Å². The summed E-state index contributed by atoms with van der Waals surface area (Å²) in [6.45, 7) is 2.73. The number of carbonyl (C=O) groups is 1. The third kappa shape index (κ3) is 2.82. The molecule has 0 aromatic carbocycles. The molecule has 0 bridgehead atoms. The molecule has 0 aliphatic carbocycles. The van der Waals surface area contributed by atoms with E-state index in [1.54, 1.807) is 18.4 Å². The second-order valence-electron chi connectivity index (χ2n) is 3.34. The number of hydrogen-bond acceptors (Lipinski definition) is 3. The van der Waals surface area contributed by atoms with E-state index in [1.165, 1.54) is 5.56 Å². The highest BCUT2D eigenvalue weighted by Crippen LogP contribution is 2.10. The predicted molar refractivity (Wildman–Crippen MR) is 59.3 cm³/mol. The van der Waals surface area contributed by atoms with E-state index in [0.29, 0.717) is 0 Å². The molecule has 4 heteroatoms. The third-order valence-corrected chi connectivity index (χ3v) is 3.03. The van der Waals surface area contributed by atoms with E-state index in [1.807, 2.05) is 24.3 Å².